The summed E-state index contributed by atoms with van der Waals surface area (Å²) < 4.78 is 11.1. The summed E-state index contributed by atoms with van der Waals surface area (Å²) in [5.74, 6) is 1.60. The van der Waals surface area contributed by atoms with Crippen LogP contribution in [0.25, 0.3) is 0 Å². The van der Waals surface area contributed by atoms with Crippen LogP contribution < -0.4 is 14.4 Å². The summed E-state index contributed by atoms with van der Waals surface area (Å²) in [6.45, 7) is 5.77. The fourth-order valence-electron chi connectivity index (χ4n) is 2.56. The number of para-hydroxylation sites is 2. The number of hydrogen-bond donors (Lipinski definition) is 0. The number of piperazine rings is 1. The summed E-state index contributed by atoms with van der Waals surface area (Å²) in [6.07, 6.45) is 1.87. The van der Waals surface area contributed by atoms with Gasteiger partial charge in [0.1, 0.15) is 6.61 Å². The fraction of sp³-hybridized carbons (Fsp3) is 0.438. The molecular formula is C16H21N3O2S. The normalized spacial score (nSPS) is 15.8. The number of nitrogens with zero attached hydrogens (tertiary/aromatic N) is 3. The molecule has 0 spiro atoms. The Balaban J connectivity index is 1.42. The Bertz CT molecular complexity index is 569. The van der Waals surface area contributed by atoms with Crippen molar-refractivity contribution in [3.05, 3.63) is 35.8 Å². The molecule has 0 atom stereocenters. The van der Waals surface area contributed by atoms with Gasteiger partial charge < -0.3 is 14.4 Å². The molecule has 22 heavy (non-hydrogen) atoms. The Kier molecular flexibility index (Phi) is 5.13. The van der Waals surface area contributed by atoms with E-state index in [0.29, 0.717) is 6.61 Å². The van der Waals surface area contributed by atoms with Gasteiger partial charge in [0.2, 0.25) is 0 Å². The van der Waals surface area contributed by atoms with Gasteiger partial charge in [0.15, 0.2) is 16.6 Å². The number of aromatic nitrogens is 1. The third kappa shape index (κ3) is 3.69. The molecule has 0 radical (unpaired) electrons. The van der Waals surface area contributed by atoms with E-state index in [1.165, 1.54) is 0 Å². The van der Waals surface area contributed by atoms with Crippen LogP contribution in [0.2, 0.25) is 0 Å². The molecule has 3 rings (SSSR count). The minimum Gasteiger partial charge on any atom is -0.493 e. The minimum absolute atomic E-state index is 0.678. The van der Waals surface area contributed by atoms with E-state index in [0.717, 1.165) is 49.4 Å². The molecule has 0 unspecified atom stereocenters. The van der Waals surface area contributed by atoms with Crippen LogP contribution in [0.15, 0.2) is 35.8 Å². The molecule has 1 fully saturated rings. The number of ether oxygens (including phenoxy) is 2. The van der Waals surface area contributed by atoms with Gasteiger partial charge in [0.05, 0.1) is 7.11 Å². The van der Waals surface area contributed by atoms with Crippen LogP contribution in [-0.4, -0.2) is 56.3 Å². The molecule has 0 saturated carbocycles. The Hall–Kier alpha value is -1.79. The third-order valence-electron chi connectivity index (χ3n) is 3.80. The van der Waals surface area contributed by atoms with Crippen LogP contribution in [0, 0.1) is 0 Å². The van der Waals surface area contributed by atoms with Gasteiger partial charge in [-0.1, -0.05) is 12.1 Å². The first kappa shape index (κ1) is 15.1. The highest BCUT2D eigenvalue weighted by Crippen LogP contribution is 2.25. The largest absolute Gasteiger partial charge is 0.493 e. The van der Waals surface area contributed by atoms with Crippen molar-refractivity contribution in [2.75, 3.05) is 51.3 Å². The lowest BCUT2D eigenvalue weighted by atomic mass is 10.3. The van der Waals surface area contributed by atoms with Crippen molar-refractivity contribution in [2.24, 2.45) is 0 Å². The van der Waals surface area contributed by atoms with E-state index in [1.54, 1.807) is 18.4 Å². The van der Waals surface area contributed by atoms with Gasteiger partial charge in [-0.05, 0) is 12.1 Å². The van der Waals surface area contributed by atoms with Crippen molar-refractivity contribution in [1.29, 1.82) is 0 Å². The highest BCUT2D eigenvalue weighted by atomic mass is 32.1. The number of anilines is 1. The van der Waals surface area contributed by atoms with Crippen LogP contribution in [0.1, 0.15) is 0 Å². The van der Waals surface area contributed by atoms with Crippen LogP contribution in [0.3, 0.4) is 0 Å². The number of benzene rings is 1. The van der Waals surface area contributed by atoms with Crippen molar-refractivity contribution >= 4 is 16.5 Å². The van der Waals surface area contributed by atoms with Gasteiger partial charge in [0, 0.05) is 44.3 Å². The molecule has 1 aromatic carbocycles. The highest BCUT2D eigenvalue weighted by Gasteiger charge is 2.18. The predicted octanol–water partition coefficient (Wildman–Crippen LogP) is 2.35. The molecule has 0 amide bonds. The average Bonchev–Trinajstić information content (AvgIpc) is 3.10. The molecule has 1 aromatic heterocycles. The summed E-state index contributed by atoms with van der Waals surface area (Å²) in [5.41, 5.74) is 0. The highest BCUT2D eigenvalue weighted by molar-refractivity contribution is 7.13. The summed E-state index contributed by atoms with van der Waals surface area (Å²) >= 11 is 1.71. The molecule has 0 aliphatic carbocycles. The van der Waals surface area contributed by atoms with Gasteiger partial charge >= 0.3 is 0 Å². The Morgan fingerprint density at radius 3 is 2.59 bits per heavy atom. The first-order valence-corrected chi connectivity index (χ1v) is 8.37. The zero-order valence-electron chi connectivity index (χ0n) is 12.8. The van der Waals surface area contributed by atoms with Crippen molar-refractivity contribution in [3.8, 4) is 11.5 Å². The second-order valence-electron chi connectivity index (χ2n) is 5.14. The van der Waals surface area contributed by atoms with E-state index >= 15 is 0 Å². The molecule has 2 aromatic rings. The van der Waals surface area contributed by atoms with Gasteiger partial charge in [0.25, 0.3) is 0 Å². The molecule has 1 saturated heterocycles. The third-order valence-corrected chi connectivity index (χ3v) is 4.63. The van der Waals surface area contributed by atoms with Crippen LogP contribution >= 0.6 is 11.3 Å². The number of methoxy groups -OCH3 is 1. The maximum Gasteiger partial charge on any atom is 0.185 e. The zero-order chi connectivity index (χ0) is 15.2. The summed E-state index contributed by atoms with van der Waals surface area (Å²) in [7, 11) is 1.67. The molecule has 0 bridgehead atoms. The quantitative estimate of drug-likeness (QED) is 0.817. The van der Waals surface area contributed by atoms with Gasteiger partial charge in [-0.2, -0.15) is 0 Å². The average molecular weight is 319 g/mol. The lowest BCUT2D eigenvalue weighted by Crippen LogP contribution is -2.47. The zero-order valence-corrected chi connectivity index (χ0v) is 13.6. The molecule has 0 N–H and O–H groups in total. The monoisotopic (exact) mass is 319 g/mol. The smallest absolute Gasteiger partial charge is 0.185 e. The Labute approximate surface area is 135 Å². The number of hydrogen-bond acceptors (Lipinski definition) is 6. The second kappa shape index (κ2) is 7.47. The lowest BCUT2D eigenvalue weighted by molar-refractivity contribution is 0.197. The first-order chi connectivity index (χ1) is 10.9. The molecule has 6 heteroatoms. The predicted molar refractivity (Wildman–Crippen MR) is 89.3 cm³/mol. The van der Waals surface area contributed by atoms with Crippen molar-refractivity contribution in [3.63, 3.8) is 0 Å². The number of thiazole rings is 1. The van der Waals surface area contributed by atoms with Crippen LogP contribution in [-0.2, 0) is 0 Å². The minimum atomic E-state index is 0.678. The number of rotatable bonds is 6. The molecule has 1 aliphatic rings. The van der Waals surface area contributed by atoms with Gasteiger partial charge in [-0.3, -0.25) is 4.90 Å². The summed E-state index contributed by atoms with van der Waals surface area (Å²) in [4.78, 5) is 9.15. The van der Waals surface area contributed by atoms with Crippen LogP contribution in [0.5, 0.6) is 11.5 Å². The second-order valence-corrected chi connectivity index (χ2v) is 6.02. The van der Waals surface area contributed by atoms with Crippen molar-refractivity contribution in [2.45, 2.75) is 0 Å². The summed E-state index contributed by atoms with van der Waals surface area (Å²) in [5, 5.41) is 3.16. The molecule has 5 nitrogen and oxygen atoms in total. The Morgan fingerprint density at radius 1 is 1.14 bits per heavy atom. The fourth-order valence-corrected chi connectivity index (χ4v) is 3.25. The van der Waals surface area contributed by atoms with Crippen LogP contribution in [0.4, 0.5) is 5.13 Å². The topological polar surface area (TPSA) is 37.8 Å². The first-order valence-electron chi connectivity index (χ1n) is 7.49. The van der Waals surface area contributed by atoms with Crippen molar-refractivity contribution in [1.82, 2.24) is 9.88 Å². The molecular weight excluding hydrogens is 298 g/mol. The lowest BCUT2D eigenvalue weighted by Gasteiger charge is -2.34. The Morgan fingerprint density at radius 2 is 1.91 bits per heavy atom. The standard InChI is InChI=1S/C16H21N3O2S/c1-20-14-4-2-3-5-15(14)21-12-11-18-7-9-19(10-8-18)16-17-6-13-22-16/h2-6,13H,7-12H2,1H3. The van der Waals surface area contributed by atoms with E-state index in [-0.39, 0.29) is 0 Å². The maximum atomic E-state index is 5.84. The van der Waals surface area contributed by atoms with E-state index in [4.69, 9.17) is 9.47 Å². The van der Waals surface area contributed by atoms with Gasteiger partial charge in [-0.25, -0.2) is 4.98 Å². The molecule has 1 aliphatic heterocycles. The van der Waals surface area contributed by atoms with E-state index in [2.05, 4.69) is 14.8 Å². The maximum absolute atomic E-state index is 5.84. The summed E-state index contributed by atoms with van der Waals surface area (Å²) in [6, 6.07) is 7.77. The van der Waals surface area contributed by atoms with E-state index in [1.807, 2.05) is 35.8 Å². The van der Waals surface area contributed by atoms with E-state index < -0.39 is 0 Å². The van der Waals surface area contributed by atoms with E-state index in [9.17, 15) is 0 Å². The molecule has 118 valence electrons. The molecule has 2 heterocycles. The SMILES string of the molecule is COc1ccccc1OCCN1CCN(c2nccs2)CC1. The van der Waals surface area contributed by atoms with Gasteiger partial charge in [-0.15, -0.1) is 11.3 Å². The van der Waals surface area contributed by atoms with Crippen molar-refractivity contribution < 1.29 is 9.47 Å².